The van der Waals surface area contributed by atoms with Gasteiger partial charge >= 0.3 is 0 Å². The number of Topliss-reactive ketones (excluding diaryl/α,β-unsaturated/α-hetero) is 1. The largest absolute Gasteiger partial charge is 0.370 e. The number of piperidine rings is 1. The van der Waals surface area contributed by atoms with Crippen LogP contribution in [-0.4, -0.2) is 41.8 Å². The predicted octanol–water partition coefficient (Wildman–Crippen LogP) is 3.69. The van der Waals surface area contributed by atoms with Crippen molar-refractivity contribution in [1.29, 1.82) is 0 Å². The highest BCUT2D eigenvalue weighted by molar-refractivity contribution is 7.07. The molecule has 3 rings (SSSR count). The molecule has 2 heterocycles. The minimum absolute atomic E-state index is 0.0904. The highest BCUT2D eigenvalue weighted by Crippen LogP contribution is 2.28. The molecule has 6 heteroatoms. The van der Waals surface area contributed by atoms with Crippen LogP contribution in [0, 0.1) is 0 Å². The van der Waals surface area contributed by atoms with Gasteiger partial charge in [0.15, 0.2) is 5.78 Å². The van der Waals surface area contributed by atoms with E-state index in [0.717, 1.165) is 43.7 Å². The second-order valence-corrected chi connectivity index (χ2v) is 8.43. The molecule has 1 aliphatic rings. The quantitative estimate of drug-likeness (QED) is 0.688. The Balaban J connectivity index is 1.73. The normalized spacial score (nSPS) is 16.6. The van der Waals surface area contributed by atoms with E-state index in [-0.39, 0.29) is 17.7 Å². The molecule has 0 aliphatic carbocycles. The van der Waals surface area contributed by atoms with Crippen LogP contribution in [0.5, 0.6) is 0 Å². The molecule has 2 aromatic rings. The summed E-state index contributed by atoms with van der Waals surface area (Å²) < 4.78 is 0. The molecule has 0 unspecified atom stereocenters. The van der Waals surface area contributed by atoms with Gasteiger partial charge in [-0.2, -0.15) is 11.3 Å². The Kier molecular flexibility index (Phi) is 6.86. The molecule has 1 aromatic heterocycles. The van der Waals surface area contributed by atoms with Crippen LogP contribution >= 0.6 is 11.3 Å². The summed E-state index contributed by atoms with van der Waals surface area (Å²) in [7, 11) is 0. The van der Waals surface area contributed by atoms with Gasteiger partial charge in [0.1, 0.15) is 0 Å². The van der Waals surface area contributed by atoms with Gasteiger partial charge < -0.3 is 10.6 Å². The maximum Gasteiger partial charge on any atom is 0.218 e. The molecule has 1 aliphatic heterocycles. The van der Waals surface area contributed by atoms with Gasteiger partial charge in [0, 0.05) is 49.4 Å². The third kappa shape index (κ3) is 5.20. The number of nitrogens with two attached hydrogens (primary N) is 1. The van der Waals surface area contributed by atoms with Gasteiger partial charge in [0.05, 0.1) is 0 Å². The molecule has 2 N–H and O–H groups in total. The summed E-state index contributed by atoms with van der Waals surface area (Å²) in [6.45, 7) is 6.47. The van der Waals surface area contributed by atoms with Crippen molar-refractivity contribution < 1.29 is 9.59 Å². The minimum Gasteiger partial charge on any atom is -0.370 e. The Bertz CT molecular complexity index is 781. The lowest BCUT2D eigenvalue weighted by Crippen LogP contribution is -2.48. The van der Waals surface area contributed by atoms with Gasteiger partial charge in [0.2, 0.25) is 5.91 Å². The van der Waals surface area contributed by atoms with Crippen LogP contribution < -0.4 is 10.6 Å². The number of primary amides is 1. The molecule has 28 heavy (non-hydrogen) atoms. The van der Waals surface area contributed by atoms with Crippen molar-refractivity contribution in [3.63, 3.8) is 0 Å². The third-order valence-electron chi connectivity index (χ3n) is 5.60. The molecular formula is C22H29N3O2S. The highest BCUT2D eigenvalue weighted by atomic mass is 32.1. The van der Waals surface area contributed by atoms with E-state index in [2.05, 4.69) is 45.7 Å². The summed E-state index contributed by atoms with van der Waals surface area (Å²) in [5.74, 6) is -0.146. The number of nitrogens with zero attached hydrogens (tertiary/aromatic N) is 2. The number of carbonyl (C=O) groups excluding carboxylic acids is 2. The molecular weight excluding hydrogens is 370 g/mol. The van der Waals surface area contributed by atoms with E-state index < -0.39 is 0 Å². The number of hydrogen-bond donors (Lipinski definition) is 1. The van der Waals surface area contributed by atoms with E-state index in [4.69, 9.17) is 5.73 Å². The topological polar surface area (TPSA) is 66.6 Å². The summed E-state index contributed by atoms with van der Waals surface area (Å²) >= 11 is 1.72. The molecule has 1 fully saturated rings. The average molecular weight is 400 g/mol. The summed E-state index contributed by atoms with van der Waals surface area (Å²) in [5.41, 5.74) is 8.57. The number of benzene rings is 1. The van der Waals surface area contributed by atoms with Gasteiger partial charge in [-0.25, -0.2) is 0 Å². The van der Waals surface area contributed by atoms with Gasteiger partial charge in [-0.05, 0) is 73.3 Å². The summed E-state index contributed by atoms with van der Waals surface area (Å²) in [5, 5.41) is 4.31. The van der Waals surface area contributed by atoms with Crippen molar-refractivity contribution in [2.24, 2.45) is 5.73 Å². The van der Waals surface area contributed by atoms with E-state index >= 15 is 0 Å². The lowest BCUT2D eigenvalue weighted by molar-refractivity contribution is -0.119. The van der Waals surface area contributed by atoms with Crippen molar-refractivity contribution in [2.75, 3.05) is 18.0 Å². The van der Waals surface area contributed by atoms with Gasteiger partial charge in [-0.3, -0.25) is 14.5 Å². The van der Waals surface area contributed by atoms with Crippen LogP contribution in [0.3, 0.4) is 0 Å². The van der Waals surface area contributed by atoms with Gasteiger partial charge in [-0.15, -0.1) is 0 Å². The molecule has 1 aromatic carbocycles. The smallest absolute Gasteiger partial charge is 0.218 e. The molecule has 150 valence electrons. The third-order valence-corrected chi connectivity index (χ3v) is 6.33. The fraction of sp³-hybridized carbons (Fsp3) is 0.455. The van der Waals surface area contributed by atoms with Crippen LogP contribution in [0.4, 0.5) is 5.69 Å². The van der Waals surface area contributed by atoms with Crippen molar-refractivity contribution >= 4 is 28.7 Å². The van der Waals surface area contributed by atoms with E-state index in [1.54, 1.807) is 18.3 Å². The molecule has 0 bridgehead atoms. The van der Waals surface area contributed by atoms with Gasteiger partial charge in [-0.1, -0.05) is 0 Å². The molecule has 0 spiro atoms. The number of ketones is 1. The second kappa shape index (κ2) is 9.34. The molecule has 1 saturated heterocycles. The van der Waals surface area contributed by atoms with Crippen molar-refractivity contribution in [2.45, 2.75) is 51.7 Å². The van der Waals surface area contributed by atoms with Crippen molar-refractivity contribution in [3.8, 4) is 0 Å². The molecule has 0 radical (unpaired) electrons. The van der Waals surface area contributed by atoms with Crippen molar-refractivity contribution in [3.05, 3.63) is 52.2 Å². The molecule has 5 nitrogen and oxygen atoms in total. The van der Waals surface area contributed by atoms with Gasteiger partial charge in [0.25, 0.3) is 0 Å². The number of carbonyl (C=O) groups is 2. The molecule has 1 amide bonds. The maximum atomic E-state index is 11.6. The Hall–Kier alpha value is -2.18. The lowest BCUT2D eigenvalue weighted by atomic mass is 9.99. The fourth-order valence-electron chi connectivity index (χ4n) is 3.96. The van der Waals surface area contributed by atoms with E-state index in [1.165, 1.54) is 5.56 Å². The molecule has 0 saturated carbocycles. The summed E-state index contributed by atoms with van der Waals surface area (Å²) in [6.07, 6.45) is 2.50. The van der Waals surface area contributed by atoms with E-state index in [0.29, 0.717) is 12.5 Å². The first-order valence-corrected chi connectivity index (χ1v) is 10.8. The maximum absolute atomic E-state index is 11.6. The fourth-order valence-corrected chi connectivity index (χ4v) is 4.62. The Morgan fingerprint density at radius 2 is 1.89 bits per heavy atom. The number of hydrogen-bond acceptors (Lipinski definition) is 5. The first kappa shape index (κ1) is 20.6. The number of anilines is 1. The zero-order valence-electron chi connectivity index (χ0n) is 16.6. The van der Waals surface area contributed by atoms with E-state index in [1.807, 2.05) is 12.1 Å². The number of rotatable bonds is 8. The summed E-state index contributed by atoms with van der Waals surface area (Å²) in [6, 6.07) is 10.8. The Labute approximate surface area is 171 Å². The number of amides is 1. The zero-order valence-corrected chi connectivity index (χ0v) is 17.5. The zero-order chi connectivity index (χ0) is 20.1. The second-order valence-electron chi connectivity index (χ2n) is 7.65. The van der Waals surface area contributed by atoms with Crippen LogP contribution in [0.1, 0.15) is 49.0 Å². The van der Waals surface area contributed by atoms with Crippen LogP contribution in [0.15, 0.2) is 41.1 Å². The van der Waals surface area contributed by atoms with Crippen LogP contribution in [0.25, 0.3) is 0 Å². The summed E-state index contributed by atoms with van der Waals surface area (Å²) in [4.78, 5) is 27.7. The molecule has 1 atom stereocenters. The standard InChI is InChI=1S/C22H29N3O2S/c1-16(13-22(23)27)24-10-7-21(8-11-24)25(14-18-9-12-28-15-18)20-5-3-19(4-6-20)17(2)26/h3-6,9,12,15-16,21H,7-8,10-11,13-14H2,1-2H3,(H2,23,27)/t16-/m1/s1. The Morgan fingerprint density at radius 3 is 2.43 bits per heavy atom. The first-order chi connectivity index (χ1) is 13.4. The number of thiophene rings is 1. The number of likely N-dealkylation sites (tertiary alicyclic amines) is 1. The Morgan fingerprint density at radius 1 is 1.21 bits per heavy atom. The monoisotopic (exact) mass is 399 g/mol. The predicted molar refractivity (Wildman–Crippen MR) is 115 cm³/mol. The highest BCUT2D eigenvalue weighted by Gasteiger charge is 2.27. The average Bonchev–Trinajstić information content (AvgIpc) is 3.19. The minimum atomic E-state index is -0.237. The first-order valence-electron chi connectivity index (χ1n) is 9.85. The van der Waals surface area contributed by atoms with Crippen molar-refractivity contribution in [1.82, 2.24) is 4.90 Å². The van der Waals surface area contributed by atoms with Crippen LogP contribution in [-0.2, 0) is 11.3 Å². The lowest BCUT2D eigenvalue weighted by Gasteiger charge is -2.41. The van der Waals surface area contributed by atoms with Crippen LogP contribution in [0.2, 0.25) is 0 Å². The SMILES string of the molecule is CC(=O)c1ccc(N(Cc2ccsc2)C2CCN([C@H](C)CC(N)=O)CC2)cc1. The van der Waals surface area contributed by atoms with E-state index in [9.17, 15) is 9.59 Å².